The van der Waals surface area contributed by atoms with Crippen molar-refractivity contribution >= 4 is 0 Å². The molecular weight excluding hydrogens is 200 g/mol. The maximum atomic E-state index is 6.08. The zero-order chi connectivity index (χ0) is 11.4. The fraction of sp³-hybridized carbons (Fsp3) is 0.769. The van der Waals surface area contributed by atoms with Crippen LogP contribution in [-0.4, -0.2) is 30.1 Å². The molecular formula is C13H22N2O. The van der Waals surface area contributed by atoms with Crippen LogP contribution in [0.4, 0.5) is 0 Å². The van der Waals surface area contributed by atoms with Crippen molar-refractivity contribution < 1.29 is 4.74 Å². The van der Waals surface area contributed by atoms with Crippen molar-refractivity contribution in [1.82, 2.24) is 4.90 Å². The third-order valence-corrected chi connectivity index (χ3v) is 3.30. The van der Waals surface area contributed by atoms with Crippen LogP contribution in [0.3, 0.4) is 0 Å². The summed E-state index contributed by atoms with van der Waals surface area (Å²) in [6.45, 7) is 4.15. The van der Waals surface area contributed by atoms with Gasteiger partial charge in [-0.2, -0.15) is 0 Å². The molecule has 1 aliphatic carbocycles. The van der Waals surface area contributed by atoms with Crippen LogP contribution in [0.1, 0.15) is 39.0 Å². The van der Waals surface area contributed by atoms with Gasteiger partial charge < -0.3 is 15.4 Å². The molecule has 2 aliphatic rings. The van der Waals surface area contributed by atoms with E-state index in [4.69, 9.17) is 10.5 Å². The van der Waals surface area contributed by atoms with Crippen LogP contribution >= 0.6 is 0 Å². The van der Waals surface area contributed by atoms with Crippen LogP contribution in [0.5, 0.6) is 0 Å². The molecule has 3 nitrogen and oxygen atoms in total. The van der Waals surface area contributed by atoms with Crippen LogP contribution in [0.2, 0.25) is 0 Å². The largest absolute Gasteiger partial charge is 0.485 e. The fourth-order valence-corrected chi connectivity index (χ4v) is 1.96. The van der Waals surface area contributed by atoms with Gasteiger partial charge in [-0.15, -0.1) is 0 Å². The van der Waals surface area contributed by atoms with E-state index in [1.165, 1.54) is 32.1 Å². The predicted molar refractivity (Wildman–Crippen MR) is 64.8 cm³/mol. The number of rotatable bonds is 5. The first-order valence-electron chi connectivity index (χ1n) is 6.42. The van der Waals surface area contributed by atoms with Crippen molar-refractivity contribution in [1.29, 1.82) is 0 Å². The third kappa shape index (κ3) is 2.81. The van der Waals surface area contributed by atoms with Crippen LogP contribution in [0.25, 0.3) is 0 Å². The van der Waals surface area contributed by atoms with Gasteiger partial charge in [-0.1, -0.05) is 19.1 Å². The molecule has 0 aromatic carbocycles. The van der Waals surface area contributed by atoms with Crippen molar-refractivity contribution in [3.8, 4) is 0 Å². The smallest absolute Gasteiger partial charge is 0.158 e. The Morgan fingerprint density at radius 2 is 2.38 bits per heavy atom. The highest BCUT2D eigenvalue weighted by molar-refractivity contribution is 5.08. The molecule has 1 unspecified atom stereocenters. The van der Waals surface area contributed by atoms with Crippen molar-refractivity contribution in [3.63, 3.8) is 0 Å². The van der Waals surface area contributed by atoms with Gasteiger partial charge in [-0.3, -0.25) is 0 Å². The Bertz CT molecular complexity index is 290. The van der Waals surface area contributed by atoms with E-state index in [9.17, 15) is 0 Å². The van der Waals surface area contributed by atoms with E-state index in [0.29, 0.717) is 6.10 Å². The lowest BCUT2D eigenvalue weighted by Gasteiger charge is -2.32. The van der Waals surface area contributed by atoms with Gasteiger partial charge in [0, 0.05) is 19.3 Å². The van der Waals surface area contributed by atoms with Gasteiger partial charge in [0.1, 0.15) is 0 Å². The summed E-state index contributed by atoms with van der Waals surface area (Å²) < 4.78 is 5.81. The second-order valence-electron chi connectivity index (χ2n) is 4.76. The molecule has 0 spiro atoms. The molecule has 2 rings (SSSR count). The highest BCUT2D eigenvalue weighted by Crippen LogP contribution is 2.25. The summed E-state index contributed by atoms with van der Waals surface area (Å²) in [6.07, 6.45) is 8.49. The standard InChI is InChI=1S/C13H22N2O/c1-2-3-8-15-9-7-13(12(14)10-15)16-11-5-4-6-11/h9,11-12H,2-6,8,10,14H2,1H3. The zero-order valence-electron chi connectivity index (χ0n) is 10.1. The van der Waals surface area contributed by atoms with Crippen molar-refractivity contribution in [2.24, 2.45) is 5.73 Å². The molecule has 0 amide bonds. The van der Waals surface area contributed by atoms with Crippen LogP contribution in [0.15, 0.2) is 17.7 Å². The van der Waals surface area contributed by atoms with E-state index in [-0.39, 0.29) is 6.04 Å². The second-order valence-corrected chi connectivity index (χ2v) is 4.76. The minimum Gasteiger partial charge on any atom is -0.485 e. The maximum absolute atomic E-state index is 6.08. The first-order chi connectivity index (χ1) is 7.79. The Kier molecular flexibility index (Phi) is 3.92. The SMILES string of the molecule is CCCCN1C=C=C(OC2CCC2)C(N)C1. The predicted octanol–water partition coefficient (Wildman–Crippen LogP) is 1.99. The Labute approximate surface area is 97.9 Å². The van der Waals surface area contributed by atoms with E-state index >= 15 is 0 Å². The Balaban J connectivity index is 1.88. The van der Waals surface area contributed by atoms with Gasteiger partial charge in [0.15, 0.2) is 5.76 Å². The van der Waals surface area contributed by atoms with E-state index < -0.39 is 0 Å². The normalized spacial score (nSPS) is 25.2. The second kappa shape index (κ2) is 5.42. The molecule has 0 bridgehead atoms. The summed E-state index contributed by atoms with van der Waals surface area (Å²) in [6, 6.07) is 0.00227. The molecule has 90 valence electrons. The molecule has 2 N–H and O–H groups in total. The lowest BCUT2D eigenvalue weighted by atomic mass is 9.96. The minimum absolute atomic E-state index is 0.00227. The van der Waals surface area contributed by atoms with E-state index in [1.807, 2.05) is 6.20 Å². The number of ether oxygens (including phenoxy) is 1. The number of hydrogen-bond acceptors (Lipinski definition) is 3. The first-order valence-corrected chi connectivity index (χ1v) is 6.42. The molecule has 0 radical (unpaired) electrons. The Morgan fingerprint density at radius 3 is 2.94 bits per heavy atom. The van der Waals surface area contributed by atoms with Crippen LogP contribution < -0.4 is 5.73 Å². The molecule has 1 aliphatic heterocycles. The van der Waals surface area contributed by atoms with Gasteiger partial charge >= 0.3 is 0 Å². The molecule has 1 fully saturated rings. The highest BCUT2D eigenvalue weighted by atomic mass is 16.5. The number of hydrogen-bond donors (Lipinski definition) is 1. The zero-order valence-corrected chi connectivity index (χ0v) is 10.1. The summed E-state index contributed by atoms with van der Waals surface area (Å²) in [7, 11) is 0. The monoisotopic (exact) mass is 222 g/mol. The van der Waals surface area contributed by atoms with Crippen LogP contribution in [0, 0.1) is 0 Å². The first kappa shape index (κ1) is 11.6. The van der Waals surface area contributed by atoms with Gasteiger partial charge in [0.2, 0.25) is 0 Å². The van der Waals surface area contributed by atoms with Crippen molar-refractivity contribution in [2.75, 3.05) is 13.1 Å². The minimum atomic E-state index is 0.00227. The highest BCUT2D eigenvalue weighted by Gasteiger charge is 2.24. The van der Waals surface area contributed by atoms with Gasteiger partial charge in [-0.05, 0) is 25.7 Å². The summed E-state index contributed by atoms with van der Waals surface area (Å²) in [5.41, 5.74) is 9.28. The lowest BCUT2D eigenvalue weighted by Crippen LogP contribution is -2.40. The topological polar surface area (TPSA) is 38.5 Å². The van der Waals surface area contributed by atoms with E-state index in [2.05, 4.69) is 17.6 Å². The van der Waals surface area contributed by atoms with Crippen molar-refractivity contribution in [2.45, 2.75) is 51.2 Å². The molecule has 0 aromatic heterocycles. The number of nitrogens with two attached hydrogens (primary N) is 1. The molecule has 1 atom stereocenters. The molecule has 16 heavy (non-hydrogen) atoms. The Morgan fingerprint density at radius 1 is 1.56 bits per heavy atom. The molecule has 1 saturated carbocycles. The van der Waals surface area contributed by atoms with E-state index in [0.717, 1.165) is 18.8 Å². The lowest BCUT2D eigenvalue weighted by molar-refractivity contribution is 0.0401. The summed E-state index contributed by atoms with van der Waals surface area (Å²) in [5, 5.41) is 0. The number of nitrogens with zero attached hydrogens (tertiary/aromatic N) is 1. The Hall–Kier alpha value is -0.920. The van der Waals surface area contributed by atoms with E-state index in [1.54, 1.807) is 0 Å². The van der Waals surface area contributed by atoms with Gasteiger partial charge in [0.25, 0.3) is 0 Å². The average molecular weight is 222 g/mol. The van der Waals surface area contributed by atoms with Crippen LogP contribution in [-0.2, 0) is 4.74 Å². The summed E-state index contributed by atoms with van der Waals surface area (Å²) in [5.74, 6) is 0.859. The molecule has 0 aromatic rings. The van der Waals surface area contributed by atoms with Crippen molar-refractivity contribution in [3.05, 3.63) is 17.7 Å². The molecule has 0 saturated heterocycles. The van der Waals surface area contributed by atoms with Gasteiger partial charge in [0.05, 0.1) is 12.1 Å². The molecule has 1 heterocycles. The fourth-order valence-electron chi connectivity index (χ4n) is 1.96. The maximum Gasteiger partial charge on any atom is 0.158 e. The average Bonchev–Trinajstić information content (AvgIpc) is 2.22. The summed E-state index contributed by atoms with van der Waals surface area (Å²) in [4.78, 5) is 2.24. The third-order valence-electron chi connectivity index (χ3n) is 3.30. The number of unbranched alkanes of at least 4 members (excludes halogenated alkanes) is 1. The molecule has 3 heteroatoms. The quantitative estimate of drug-likeness (QED) is 0.723. The summed E-state index contributed by atoms with van der Waals surface area (Å²) >= 11 is 0. The van der Waals surface area contributed by atoms with Gasteiger partial charge in [-0.25, -0.2) is 0 Å².